The van der Waals surface area contributed by atoms with Gasteiger partial charge in [-0.05, 0) is 35.2 Å². The molecule has 0 unspecified atom stereocenters. The lowest BCUT2D eigenvalue weighted by molar-refractivity contribution is 0.146. The minimum atomic E-state index is -0.495. The van der Waals surface area contributed by atoms with E-state index in [9.17, 15) is 4.79 Å². The van der Waals surface area contributed by atoms with Crippen LogP contribution in [0.25, 0.3) is 0 Å². The summed E-state index contributed by atoms with van der Waals surface area (Å²) in [6, 6.07) is 11.3. The monoisotopic (exact) mass is 273 g/mol. The average Bonchev–Trinajstić information content (AvgIpc) is 2.89. The minimum Gasteiger partial charge on any atom is -0.466 e. The van der Waals surface area contributed by atoms with Gasteiger partial charge in [0.2, 0.25) is 0 Å². The van der Waals surface area contributed by atoms with E-state index in [0.717, 1.165) is 0 Å². The molecule has 0 radical (unpaired) electrons. The molecule has 4 nitrogen and oxygen atoms in total. The van der Waals surface area contributed by atoms with Gasteiger partial charge in [0.05, 0.1) is 6.26 Å². The van der Waals surface area contributed by atoms with Crippen molar-refractivity contribution in [3.05, 3.63) is 54.0 Å². The van der Waals surface area contributed by atoms with E-state index < -0.39 is 6.09 Å². The molecular formula is C16H19NO3. The normalized spacial score (nSPS) is 11.2. The molecule has 1 aromatic heterocycles. The Morgan fingerprint density at radius 1 is 1.20 bits per heavy atom. The van der Waals surface area contributed by atoms with Crippen LogP contribution in [0.15, 0.2) is 47.1 Å². The number of hydrogen-bond donors (Lipinski definition) is 1. The number of ether oxygens (including phenoxy) is 1. The van der Waals surface area contributed by atoms with Crippen LogP contribution in [0.1, 0.15) is 32.1 Å². The fourth-order valence-electron chi connectivity index (χ4n) is 1.74. The molecule has 106 valence electrons. The van der Waals surface area contributed by atoms with Crippen molar-refractivity contribution in [2.75, 3.05) is 5.32 Å². The molecule has 0 bridgehead atoms. The first-order valence-electron chi connectivity index (χ1n) is 6.52. The molecule has 0 aliphatic carbocycles. The zero-order valence-electron chi connectivity index (χ0n) is 12.0. The van der Waals surface area contributed by atoms with Gasteiger partial charge < -0.3 is 9.15 Å². The third-order valence-electron chi connectivity index (χ3n) is 2.92. The third kappa shape index (κ3) is 3.88. The zero-order chi connectivity index (χ0) is 14.6. The van der Waals surface area contributed by atoms with E-state index in [4.69, 9.17) is 9.15 Å². The molecule has 0 saturated heterocycles. The SMILES string of the molecule is CC(C)(C)c1ccc(NC(=O)OCc2ccco2)cc1. The van der Waals surface area contributed by atoms with Crippen molar-refractivity contribution in [1.82, 2.24) is 0 Å². The van der Waals surface area contributed by atoms with Gasteiger partial charge in [0, 0.05) is 5.69 Å². The number of hydrogen-bond acceptors (Lipinski definition) is 3. The minimum absolute atomic E-state index is 0.0956. The summed E-state index contributed by atoms with van der Waals surface area (Å²) in [5, 5.41) is 2.68. The van der Waals surface area contributed by atoms with Crippen LogP contribution in [0, 0.1) is 0 Å². The molecule has 1 amide bonds. The van der Waals surface area contributed by atoms with Gasteiger partial charge in [-0.1, -0.05) is 32.9 Å². The second-order valence-corrected chi connectivity index (χ2v) is 5.61. The number of carbonyl (C=O) groups is 1. The summed E-state index contributed by atoms with van der Waals surface area (Å²) in [4.78, 5) is 11.6. The first kappa shape index (κ1) is 14.2. The van der Waals surface area contributed by atoms with Crippen molar-refractivity contribution in [2.45, 2.75) is 32.8 Å². The lowest BCUT2D eigenvalue weighted by Crippen LogP contribution is -2.14. The van der Waals surface area contributed by atoms with Gasteiger partial charge in [-0.25, -0.2) is 4.79 Å². The Morgan fingerprint density at radius 3 is 2.45 bits per heavy atom. The quantitative estimate of drug-likeness (QED) is 0.905. The van der Waals surface area contributed by atoms with Gasteiger partial charge >= 0.3 is 6.09 Å². The predicted octanol–water partition coefficient (Wildman–Crippen LogP) is 4.33. The Kier molecular flexibility index (Phi) is 4.13. The highest BCUT2D eigenvalue weighted by atomic mass is 16.6. The maximum absolute atomic E-state index is 11.6. The number of furan rings is 1. The molecule has 1 aromatic carbocycles. The fraction of sp³-hybridized carbons (Fsp3) is 0.312. The summed E-state index contributed by atoms with van der Waals surface area (Å²) < 4.78 is 10.1. The van der Waals surface area contributed by atoms with Crippen LogP contribution < -0.4 is 5.32 Å². The first-order chi connectivity index (χ1) is 9.45. The van der Waals surface area contributed by atoms with Crippen molar-refractivity contribution in [3.63, 3.8) is 0 Å². The van der Waals surface area contributed by atoms with Crippen LogP contribution in [0.3, 0.4) is 0 Å². The smallest absolute Gasteiger partial charge is 0.412 e. The Hall–Kier alpha value is -2.23. The maximum atomic E-state index is 11.6. The number of nitrogens with one attached hydrogen (secondary N) is 1. The number of rotatable bonds is 3. The van der Waals surface area contributed by atoms with E-state index in [2.05, 4.69) is 26.1 Å². The molecule has 4 heteroatoms. The molecule has 0 atom stereocenters. The highest BCUT2D eigenvalue weighted by Gasteiger charge is 2.13. The standard InChI is InChI=1S/C16H19NO3/c1-16(2,3)12-6-8-13(9-7-12)17-15(18)20-11-14-5-4-10-19-14/h4-10H,11H2,1-3H3,(H,17,18). The summed E-state index contributed by atoms with van der Waals surface area (Å²) >= 11 is 0. The highest BCUT2D eigenvalue weighted by Crippen LogP contribution is 2.23. The van der Waals surface area contributed by atoms with Crippen molar-refractivity contribution in [1.29, 1.82) is 0 Å². The van der Waals surface area contributed by atoms with Crippen LogP contribution in [-0.4, -0.2) is 6.09 Å². The van der Waals surface area contributed by atoms with Crippen LogP contribution >= 0.6 is 0 Å². The van der Waals surface area contributed by atoms with Gasteiger partial charge in [-0.3, -0.25) is 5.32 Å². The first-order valence-corrected chi connectivity index (χ1v) is 6.52. The largest absolute Gasteiger partial charge is 0.466 e. The van der Waals surface area contributed by atoms with Gasteiger partial charge in [0.1, 0.15) is 5.76 Å². The number of benzene rings is 1. The zero-order valence-corrected chi connectivity index (χ0v) is 12.0. The van der Waals surface area contributed by atoms with E-state index in [0.29, 0.717) is 11.4 Å². The third-order valence-corrected chi connectivity index (χ3v) is 2.92. The van der Waals surface area contributed by atoms with Crippen LogP contribution in [0.5, 0.6) is 0 Å². The summed E-state index contributed by atoms with van der Waals surface area (Å²) in [5.74, 6) is 0.614. The van der Waals surface area contributed by atoms with Crippen LogP contribution in [-0.2, 0) is 16.8 Å². The Morgan fingerprint density at radius 2 is 1.90 bits per heavy atom. The lowest BCUT2D eigenvalue weighted by atomic mass is 9.87. The van der Waals surface area contributed by atoms with Crippen LogP contribution in [0.2, 0.25) is 0 Å². The molecule has 0 fully saturated rings. The van der Waals surface area contributed by atoms with E-state index in [1.54, 1.807) is 18.4 Å². The molecule has 0 aliphatic rings. The fourth-order valence-corrected chi connectivity index (χ4v) is 1.74. The van der Waals surface area contributed by atoms with E-state index in [1.807, 2.05) is 24.3 Å². The molecule has 2 rings (SSSR count). The Bertz CT molecular complexity index is 550. The molecule has 1 heterocycles. The number of carbonyl (C=O) groups excluding carboxylic acids is 1. The Labute approximate surface area is 118 Å². The van der Waals surface area contributed by atoms with Crippen molar-refractivity contribution >= 4 is 11.8 Å². The van der Waals surface area contributed by atoms with Gasteiger partial charge in [0.25, 0.3) is 0 Å². The predicted molar refractivity (Wildman–Crippen MR) is 77.7 cm³/mol. The number of anilines is 1. The topological polar surface area (TPSA) is 51.5 Å². The Balaban J connectivity index is 1.88. The second kappa shape index (κ2) is 5.82. The van der Waals surface area contributed by atoms with Crippen molar-refractivity contribution in [3.8, 4) is 0 Å². The lowest BCUT2D eigenvalue weighted by Gasteiger charge is -2.19. The molecule has 20 heavy (non-hydrogen) atoms. The van der Waals surface area contributed by atoms with Crippen LogP contribution in [0.4, 0.5) is 10.5 Å². The van der Waals surface area contributed by atoms with Gasteiger partial charge in [-0.15, -0.1) is 0 Å². The summed E-state index contributed by atoms with van der Waals surface area (Å²) in [6.07, 6.45) is 1.05. The summed E-state index contributed by atoms with van der Waals surface area (Å²) in [5.41, 5.74) is 2.02. The van der Waals surface area contributed by atoms with E-state index in [1.165, 1.54) is 5.56 Å². The summed E-state index contributed by atoms with van der Waals surface area (Å²) in [6.45, 7) is 6.56. The molecule has 1 N–H and O–H groups in total. The maximum Gasteiger partial charge on any atom is 0.412 e. The van der Waals surface area contributed by atoms with Gasteiger partial charge in [-0.2, -0.15) is 0 Å². The molecule has 0 aliphatic heterocycles. The van der Waals surface area contributed by atoms with Crippen molar-refractivity contribution in [2.24, 2.45) is 0 Å². The highest BCUT2D eigenvalue weighted by molar-refractivity contribution is 5.84. The molecule has 0 saturated carbocycles. The van der Waals surface area contributed by atoms with Gasteiger partial charge in [0.15, 0.2) is 6.61 Å². The number of amides is 1. The average molecular weight is 273 g/mol. The summed E-state index contributed by atoms with van der Waals surface area (Å²) in [7, 11) is 0. The van der Waals surface area contributed by atoms with E-state index >= 15 is 0 Å². The van der Waals surface area contributed by atoms with E-state index in [-0.39, 0.29) is 12.0 Å². The second-order valence-electron chi connectivity index (χ2n) is 5.61. The van der Waals surface area contributed by atoms with Crippen molar-refractivity contribution < 1.29 is 13.9 Å². The molecule has 2 aromatic rings. The molecule has 0 spiro atoms. The molecular weight excluding hydrogens is 254 g/mol.